The molecule has 248 valence electrons. The van der Waals surface area contributed by atoms with E-state index in [2.05, 4.69) is 13.8 Å². The van der Waals surface area contributed by atoms with Crippen LogP contribution in [0.2, 0.25) is 0 Å². The Kier molecular flexibility index (Phi) is 31.8. The molecular weight excluding hydrogens is 536 g/mol. The standard InChI is InChI=1S/2C17H32O4/c2*1-3-5-6-7-8-9-12-15(4-2)21-17(20)14-11-10-13-16(18)19/h2*15H,3-14H2,1-2H3,(H,18,19). The SMILES string of the molecule is CCCCCCCCC(CC)OC(=O)CCCCC(=O)O.CCCCCCCCC(CC)OC(=O)CCCCC(=O)O. The van der Waals surface area contributed by atoms with Crippen molar-refractivity contribution in [2.24, 2.45) is 0 Å². The third-order valence-corrected chi connectivity index (χ3v) is 7.31. The maximum atomic E-state index is 11.7. The number of carbonyl (C=O) groups is 4. The molecule has 0 fully saturated rings. The van der Waals surface area contributed by atoms with Crippen molar-refractivity contribution >= 4 is 23.9 Å². The number of rotatable bonds is 28. The largest absolute Gasteiger partial charge is 0.481 e. The summed E-state index contributed by atoms with van der Waals surface area (Å²) in [7, 11) is 0. The van der Waals surface area contributed by atoms with Crippen molar-refractivity contribution in [1.82, 2.24) is 0 Å². The Morgan fingerprint density at radius 2 is 0.762 bits per heavy atom. The molecule has 42 heavy (non-hydrogen) atoms. The molecule has 0 aliphatic heterocycles. The lowest BCUT2D eigenvalue weighted by atomic mass is 10.1. The normalized spacial score (nSPS) is 12.1. The molecule has 0 spiro atoms. The van der Waals surface area contributed by atoms with Crippen LogP contribution in [0.1, 0.15) is 182 Å². The van der Waals surface area contributed by atoms with Crippen LogP contribution in [0.15, 0.2) is 0 Å². The van der Waals surface area contributed by atoms with Crippen LogP contribution >= 0.6 is 0 Å². The van der Waals surface area contributed by atoms with Crippen LogP contribution in [0.3, 0.4) is 0 Å². The summed E-state index contributed by atoms with van der Waals surface area (Å²) in [5.74, 6) is -1.98. The van der Waals surface area contributed by atoms with E-state index in [1.165, 1.54) is 64.2 Å². The van der Waals surface area contributed by atoms with Gasteiger partial charge in [-0.15, -0.1) is 0 Å². The number of carbonyl (C=O) groups excluding carboxylic acids is 2. The van der Waals surface area contributed by atoms with Crippen molar-refractivity contribution in [3.8, 4) is 0 Å². The number of aliphatic carboxylic acids is 2. The van der Waals surface area contributed by atoms with Crippen LogP contribution in [0.25, 0.3) is 0 Å². The van der Waals surface area contributed by atoms with Gasteiger partial charge in [-0.25, -0.2) is 0 Å². The smallest absolute Gasteiger partial charge is 0.306 e. The summed E-state index contributed by atoms with van der Waals surface area (Å²) in [6.07, 6.45) is 21.8. The molecule has 0 aliphatic rings. The lowest BCUT2D eigenvalue weighted by Crippen LogP contribution is -2.17. The van der Waals surface area contributed by atoms with Gasteiger partial charge in [-0.1, -0.05) is 91.9 Å². The van der Waals surface area contributed by atoms with Crippen LogP contribution in [0.5, 0.6) is 0 Å². The molecule has 0 aromatic carbocycles. The predicted molar refractivity (Wildman–Crippen MR) is 169 cm³/mol. The second-order valence-corrected chi connectivity index (χ2v) is 11.4. The molecule has 0 saturated heterocycles. The summed E-state index contributed by atoms with van der Waals surface area (Å²) in [5.41, 5.74) is 0. The van der Waals surface area contributed by atoms with E-state index in [0.29, 0.717) is 38.5 Å². The quantitative estimate of drug-likeness (QED) is 0.0671. The number of ether oxygens (including phenoxy) is 2. The lowest BCUT2D eigenvalue weighted by Gasteiger charge is -2.16. The predicted octanol–water partition coefficient (Wildman–Crippen LogP) is 9.41. The third kappa shape index (κ3) is 32.4. The molecule has 2 atom stereocenters. The molecule has 8 nitrogen and oxygen atoms in total. The van der Waals surface area contributed by atoms with Crippen molar-refractivity contribution in [3.63, 3.8) is 0 Å². The zero-order valence-corrected chi connectivity index (χ0v) is 27.5. The van der Waals surface area contributed by atoms with Gasteiger partial charge in [0.05, 0.1) is 0 Å². The summed E-state index contributed by atoms with van der Waals surface area (Å²) in [6.45, 7) is 8.50. The van der Waals surface area contributed by atoms with E-state index in [-0.39, 0.29) is 37.0 Å². The zero-order chi connectivity index (χ0) is 31.8. The highest BCUT2D eigenvalue weighted by Crippen LogP contribution is 2.15. The fraction of sp³-hybridized carbons (Fsp3) is 0.882. The second-order valence-electron chi connectivity index (χ2n) is 11.4. The van der Waals surface area contributed by atoms with Gasteiger partial charge in [-0.2, -0.15) is 0 Å². The minimum Gasteiger partial charge on any atom is -0.481 e. The molecule has 0 amide bonds. The molecule has 0 rings (SSSR count). The number of hydrogen-bond donors (Lipinski definition) is 2. The van der Waals surface area contributed by atoms with E-state index in [4.69, 9.17) is 19.7 Å². The first-order chi connectivity index (χ1) is 20.2. The zero-order valence-electron chi connectivity index (χ0n) is 27.5. The summed E-state index contributed by atoms with van der Waals surface area (Å²) in [5, 5.41) is 17.0. The van der Waals surface area contributed by atoms with E-state index >= 15 is 0 Å². The molecule has 0 heterocycles. The lowest BCUT2D eigenvalue weighted by molar-refractivity contribution is -0.150. The van der Waals surface area contributed by atoms with Gasteiger partial charge >= 0.3 is 23.9 Å². The van der Waals surface area contributed by atoms with Gasteiger partial charge in [0, 0.05) is 25.7 Å². The van der Waals surface area contributed by atoms with Gasteiger partial charge in [-0.05, 0) is 64.2 Å². The molecule has 2 unspecified atom stereocenters. The average molecular weight is 601 g/mol. The number of carboxylic acid groups (broad SMARTS) is 2. The van der Waals surface area contributed by atoms with Gasteiger partial charge in [0.2, 0.25) is 0 Å². The van der Waals surface area contributed by atoms with Gasteiger partial charge in [0.25, 0.3) is 0 Å². The number of unbranched alkanes of at least 4 members (excludes halogenated alkanes) is 12. The molecule has 2 N–H and O–H groups in total. The summed E-state index contributed by atoms with van der Waals surface area (Å²) in [4.78, 5) is 44.1. The molecule has 0 bridgehead atoms. The highest BCUT2D eigenvalue weighted by atomic mass is 16.5. The van der Waals surface area contributed by atoms with Gasteiger partial charge in [0.1, 0.15) is 12.2 Å². The number of hydrogen-bond acceptors (Lipinski definition) is 6. The molecule has 0 aromatic rings. The highest BCUT2D eigenvalue weighted by Gasteiger charge is 2.13. The average Bonchev–Trinajstić information content (AvgIpc) is 2.96. The minimum absolute atomic E-state index is 0.0307. The Morgan fingerprint density at radius 3 is 1.07 bits per heavy atom. The summed E-state index contributed by atoms with van der Waals surface area (Å²) in [6, 6.07) is 0. The Bertz CT molecular complexity index is 608. The van der Waals surface area contributed by atoms with E-state index in [1.807, 2.05) is 13.8 Å². The van der Waals surface area contributed by atoms with Gasteiger partial charge in [0.15, 0.2) is 0 Å². The van der Waals surface area contributed by atoms with Crippen molar-refractivity contribution in [3.05, 3.63) is 0 Å². The van der Waals surface area contributed by atoms with Crippen molar-refractivity contribution in [2.45, 2.75) is 194 Å². The van der Waals surface area contributed by atoms with E-state index < -0.39 is 11.9 Å². The van der Waals surface area contributed by atoms with E-state index in [1.54, 1.807) is 0 Å². The second kappa shape index (κ2) is 31.8. The Balaban J connectivity index is 0. The number of carboxylic acids is 2. The van der Waals surface area contributed by atoms with Crippen molar-refractivity contribution in [2.75, 3.05) is 0 Å². The van der Waals surface area contributed by atoms with Crippen molar-refractivity contribution in [1.29, 1.82) is 0 Å². The fourth-order valence-corrected chi connectivity index (χ4v) is 4.58. The molecular formula is C34H64O8. The van der Waals surface area contributed by atoms with Crippen molar-refractivity contribution < 1.29 is 38.9 Å². The molecule has 0 aliphatic carbocycles. The molecule has 0 saturated carbocycles. The van der Waals surface area contributed by atoms with Gasteiger partial charge in [-0.3, -0.25) is 19.2 Å². The number of esters is 2. The molecule has 0 aromatic heterocycles. The first-order valence-corrected chi connectivity index (χ1v) is 17.0. The topological polar surface area (TPSA) is 127 Å². The van der Waals surface area contributed by atoms with E-state index in [9.17, 15) is 19.2 Å². The molecule has 0 radical (unpaired) electrons. The maximum absolute atomic E-state index is 11.7. The molecule has 8 heteroatoms. The van der Waals surface area contributed by atoms with Crippen LogP contribution in [-0.2, 0) is 28.7 Å². The highest BCUT2D eigenvalue weighted by molar-refractivity contribution is 5.70. The monoisotopic (exact) mass is 600 g/mol. The first-order valence-electron chi connectivity index (χ1n) is 17.0. The maximum Gasteiger partial charge on any atom is 0.306 e. The Hall–Kier alpha value is -2.12. The van der Waals surface area contributed by atoms with Crippen LogP contribution in [-0.4, -0.2) is 46.3 Å². The Labute approximate surface area is 256 Å². The first kappa shape index (κ1) is 42.0. The fourth-order valence-electron chi connectivity index (χ4n) is 4.58. The van der Waals surface area contributed by atoms with Crippen LogP contribution in [0.4, 0.5) is 0 Å². The summed E-state index contributed by atoms with van der Waals surface area (Å²) >= 11 is 0. The minimum atomic E-state index is -0.808. The summed E-state index contributed by atoms with van der Waals surface area (Å²) < 4.78 is 10.9. The van der Waals surface area contributed by atoms with E-state index in [0.717, 1.165) is 38.5 Å². The van der Waals surface area contributed by atoms with Crippen LogP contribution in [0, 0.1) is 0 Å². The third-order valence-electron chi connectivity index (χ3n) is 7.31. The van der Waals surface area contributed by atoms with Crippen LogP contribution < -0.4 is 0 Å². The van der Waals surface area contributed by atoms with Gasteiger partial charge < -0.3 is 19.7 Å². The Morgan fingerprint density at radius 1 is 0.452 bits per heavy atom.